The minimum Gasteiger partial charge on any atom is -0.462 e. The second kappa shape index (κ2) is 7.31. The van der Waals surface area contributed by atoms with Gasteiger partial charge < -0.3 is 9.47 Å². The quantitative estimate of drug-likeness (QED) is 0.567. The van der Waals surface area contributed by atoms with Crippen LogP contribution in [0.3, 0.4) is 0 Å². The highest BCUT2D eigenvalue weighted by Crippen LogP contribution is 2.22. The van der Waals surface area contributed by atoms with E-state index in [1.807, 2.05) is 0 Å². The summed E-state index contributed by atoms with van der Waals surface area (Å²) in [5.74, 6) is -0.600. The van der Waals surface area contributed by atoms with E-state index in [0.717, 1.165) is 51.4 Å². The number of hydrogen-bond acceptors (Lipinski definition) is 4. The largest absolute Gasteiger partial charge is 0.462 e. The van der Waals surface area contributed by atoms with E-state index in [-0.39, 0.29) is 30.6 Å². The van der Waals surface area contributed by atoms with Gasteiger partial charge in [0, 0.05) is 6.08 Å². The molecule has 0 atom stereocenters. The molecular formula is C15H22O4. The fourth-order valence-electron chi connectivity index (χ4n) is 2.70. The Morgan fingerprint density at radius 2 is 1.42 bits per heavy atom. The molecule has 0 aliphatic heterocycles. The van der Waals surface area contributed by atoms with Crippen LogP contribution in [0, 0.1) is 0 Å². The summed E-state index contributed by atoms with van der Waals surface area (Å²) < 4.78 is 10.5. The maximum absolute atomic E-state index is 11.5. The van der Waals surface area contributed by atoms with Crippen molar-refractivity contribution in [2.24, 2.45) is 0 Å². The zero-order valence-corrected chi connectivity index (χ0v) is 11.3. The van der Waals surface area contributed by atoms with Gasteiger partial charge in [-0.3, -0.25) is 4.79 Å². The molecule has 2 saturated carbocycles. The summed E-state index contributed by atoms with van der Waals surface area (Å²) in [6, 6.07) is 0. The average Bonchev–Trinajstić information content (AvgIpc) is 3.02. The predicted molar refractivity (Wildman–Crippen MR) is 70.5 cm³/mol. The zero-order valence-electron chi connectivity index (χ0n) is 11.3. The molecule has 2 rings (SSSR count). The summed E-state index contributed by atoms with van der Waals surface area (Å²) in [6.07, 6.45) is 11.6. The molecule has 0 saturated heterocycles. The Morgan fingerprint density at radius 1 is 0.895 bits per heavy atom. The van der Waals surface area contributed by atoms with E-state index in [9.17, 15) is 9.59 Å². The molecule has 2 aliphatic rings. The molecule has 0 spiro atoms. The van der Waals surface area contributed by atoms with E-state index in [4.69, 9.17) is 9.47 Å². The molecule has 0 bridgehead atoms. The lowest BCUT2D eigenvalue weighted by Crippen LogP contribution is -2.14. The molecule has 0 unspecified atom stereocenters. The molecule has 0 N–H and O–H groups in total. The Kier molecular flexibility index (Phi) is 5.43. The number of carbonyl (C=O) groups is 2. The third kappa shape index (κ3) is 5.05. The van der Waals surface area contributed by atoms with Crippen LogP contribution in [-0.2, 0) is 19.1 Å². The minimum absolute atomic E-state index is 0.0718. The van der Waals surface area contributed by atoms with Crippen LogP contribution in [0.1, 0.15) is 57.8 Å². The lowest BCUT2D eigenvalue weighted by atomic mass is 10.3. The van der Waals surface area contributed by atoms with Crippen molar-refractivity contribution in [3.8, 4) is 0 Å². The lowest BCUT2D eigenvalue weighted by Gasteiger charge is -2.10. The number of rotatable bonds is 5. The van der Waals surface area contributed by atoms with Crippen molar-refractivity contribution in [1.82, 2.24) is 0 Å². The van der Waals surface area contributed by atoms with E-state index in [1.54, 1.807) is 0 Å². The highest BCUT2D eigenvalue weighted by molar-refractivity contribution is 5.83. The molecule has 0 amide bonds. The Bertz CT molecular complexity index is 336. The molecular weight excluding hydrogens is 244 g/mol. The average molecular weight is 266 g/mol. The third-order valence-electron chi connectivity index (χ3n) is 3.72. The van der Waals surface area contributed by atoms with Crippen LogP contribution in [0.4, 0.5) is 0 Å². The van der Waals surface area contributed by atoms with Crippen molar-refractivity contribution >= 4 is 11.9 Å². The molecule has 106 valence electrons. The molecule has 0 aromatic carbocycles. The molecule has 2 aliphatic carbocycles. The van der Waals surface area contributed by atoms with E-state index < -0.39 is 0 Å². The van der Waals surface area contributed by atoms with Crippen molar-refractivity contribution in [3.63, 3.8) is 0 Å². The van der Waals surface area contributed by atoms with Crippen LogP contribution >= 0.6 is 0 Å². The van der Waals surface area contributed by atoms with Gasteiger partial charge in [-0.15, -0.1) is 0 Å². The van der Waals surface area contributed by atoms with E-state index in [1.165, 1.54) is 12.2 Å². The number of esters is 2. The second-order valence-corrected chi connectivity index (χ2v) is 5.35. The summed E-state index contributed by atoms with van der Waals surface area (Å²) in [6.45, 7) is 0. The first-order valence-electron chi connectivity index (χ1n) is 7.30. The van der Waals surface area contributed by atoms with E-state index >= 15 is 0 Å². The highest BCUT2D eigenvalue weighted by Gasteiger charge is 2.19. The topological polar surface area (TPSA) is 52.6 Å². The van der Waals surface area contributed by atoms with Gasteiger partial charge in [-0.25, -0.2) is 4.79 Å². The van der Waals surface area contributed by atoms with Crippen molar-refractivity contribution in [2.75, 3.05) is 0 Å². The highest BCUT2D eigenvalue weighted by atomic mass is 16.5. The predicted octanol–water partition coefficient (Wildman–Crippen LogP) is 2.90. The summed E-state index contributed by atoms with van der Waals surface area (Å²) in [4.78, 5) is 23.0. The van der Waals surface area contributed by atoms with E-state index in [0.29, 0.717) is 0 Å². The van der Waals surface area contributed by atoms with Gasteiger partial charge in [0.1, 0.15) is 12.2 Å². The molecule has 4 nitrogen and oxygen atoms in total. The maximum atomic E-state index is 11.5. The smallest absolute Gasteiger partial charge is 0.330 e. The Morgan fingerprint density at radius 3 is 2.00 bits per heavy atom. The molecule has 19 heavy (non-hydrogen) atoms. The van der Waals surface area contributed by atoms with Crippen LogP contribution in [0.2, 0.25) is 0 Å². The van der Waals surface area contributed by atoms with Gasteiger partial charge >= 0.3 is 11.9 Å². The van der Waals surface area contributed by atoms with Crippen LogP contribution < -0.4 is 0 Å². The fourth-order valence-corrected chi connectivity index (χ4v) is 2.70. The standard InChI is InChI=1S/C15H22O4/c16-14(18-12-6-1-2-7-12)10-5-11-15(17)19-13-8-3-4-9-13/h5,10,12-13H,1-4,6-9,11H2. The Labute approximate surface area is 114 Å². The first kappa shape index (κ1) is 14.1. The van der Waals surface area contributed by atoms with Gasteiger partial charge in [-0.2, -0.15) is 0 Å². The van der Waals surface area contributed by atoms with Crippen molar-refractivity contribution in [1.29, 1.82) is 0 Å². The van der Waals surface area contributed by atoms with Crippen LogP contribution in [0.5, 0.6) is 0 Å². The van der Waals surface area contributed by atoms with Gasteiger partial charge in [-0.05, 0) is 51.4 Å². The van der Waals surface area contributed by atoms with Crippen molar-refractivity contribution in [3.05, 3.63) is 12.2 Å². The monoisotopic (exact) mass is 266 g/mol. The SMILES string of the molecule is O=C(C=CCC(=O)OC1CCCC1)OC1CCCC1. The first-order valence-corrected chi connectivity index (χ1v) is 7.30. The summed E-state index contributed by atoms with van der Waals surface area (Å²) in [5, 5.41) is 0. The fraction of sp³-hybridized carbons (Fsp3) is 0.733. The van der Waals surface area contributed by atoms with Gasteiger partial charge in [0.15, 0.2) is 0 Å². The first-order chi connectivity index (χ1) is 9.24. The van der Waals surface area contributed by atoms with Crippen LogP contribution in [0.25, 0.3) is 0 Å². The Balaban J connectivity index is 1.61. The molecule has 4 heteroatoms. The third-order valence-corrected chi connectivity index (χ3v) is 3.72. The van der Waals surface area contributed by atoms with Gasteiger partial charge in [0.25, 0.3) is 0 Å². The molecule has 0 heterocycles. The summed E-state index contributed by atoms with van der Waals surface area (Å²) >= 11 is 0. The maximum Gasteiger partial charge on any atom is 0.330 e. The lowest BCUT2D eigenvalue weighted by molar-refractivity contribution is -0.147. The zero-order chi connectivity index (χ0) is 13.5. The number of carbonyl (C=O) groups excluding carboxylic acids is 2. The molecule has 0 radical (unpaired) electrons. The number of hydrogen-bond donors (Lipinski definition) is 0. The molecule has 0 aromatic rings. The molecule has 0 aromatic heterocycles. The van der Waals surface area contributed by atoms with Gasteiger partial charge in [0.2, 0.25) is 0 Å². The molecule has 2 fully saturated rings. The van der Waals surface area contributed by atoms with Crippen molar-refractivity contribution < 1.29 is 19.1 Å². The second-order valence-electron chi connectivity index (χ2n) is 5.35. The Hall–Kier alpha value is -1.32. The van der Waals surface area contributed by atoms with Crippen molar-refractivity contribution in [2.45, 2.75) is 70.0 Å². The van der Waals surface area contributed by atoms with Gasteiger partial charge in [0.05, 0.1) is 6.42 Å². The van der Waals surface area contributed by atoms with Crippen LogP contribution in [-0.4, -0.2) is 24.1 Å². The number of ether oxygens (including phenoxy) is 2. The summed E-state index contributed by atoms with van der Waals surface area (Å²) in [5.41, 5.74) is 0. The summed E-state index contributed by atoms with van der Waals surface area (Å²) in [7, 11) is 0. The van der Waals surface area contributed by atoms with Gasteiger partial charge in [-0.1, -0.05) is 6.08 Å². The minimum atomic E-state index is -0.347. The normalized spacial score (nSPS) is 21.1. The van der Waals surface area contributed by atoms with Crippen LogP contribution in [0.15, 0.2) is 12.2 Å². The van der Waals surface area contributed by atoms with E-state index in [2.05, 4.69) is 0 Å².